The molecule has 2 aromatic carbocycles. The Morgan fingerprint density at radius 2 is 1.63 bits per heavy atom. The van der Waals surface area contributed by atoms with Crippen LogP contribution in [0.3, 0.4) is 0 Å². The van der Waals surface area contributed by atoms with E-state index < -0.39 is 0 Å². The SMILES string of the molecule is COc1cc(C(=O)Nc2cc(-c3ccc(Cl)cc3)[nH]n2)cc(OC)c1OC. The molecule has 0 aliphatic rings. The van der Waals surface area contributed by atoms with Crippen LogP contribution in [0.2, 0.25) is 5.02 Å². The van der Waals surface area contributed by atoms with Crippen LogP contribution in [-0.4, -0.2) is 37.4 Å². The highest BCUT2D eigenvalue weighted by atomic mass is 35.5. The summed E-state index contributed by atoms with van der Waals surface area (Å²) in [7, 11) is 4.48. The standard InChI is InChI=1S/C19H18ClN3O4/c1-25-15-8-12(9-16(26-2)18(15)27-3)19(24)21-17-10-14(22-23-17)11-4-6-13(20)7-5-11/h4-10H,1-3H3,(H2,21,22,23,24). The van der Waals surface area contributed by atoms with Gasteiger partial charge in [-0.25, -0.2) is 0 Å². The number of methoxy groups -OCH3 is 3. The molecule has 3 aromatic rings. The van der Waals surface area contributed by atoms with Crippen LogP contribution >= 0.6 is 11.6 Å². The van der Waals surface area contributed by atoms with Gasteiger partial charge in [-0.05, 0) is 29.8 Å². The number of anilines is 1. The Hall–Kier alpha value is -3.19. The molecule has 0 fully saturated rings. The summed E-state index contributed by atoms with van der Waals surface area (Å²) in [5, 5.41) is 10.4. The molecule has 3 rings (SSSR count). The van der Waals surface area contributed by atoms with Gasteiger partial charge >= 0.3 is 0 Å². The van der Waals surface area contributed by atoms with E-state index in [1.54, 1.807) is 30.3 Å². The van der Waals surface area contributed by atoms with Gasteiger partial charge in [0.05, 0.1) is 27.0 Å². The smallest absolute Gasteiger partial charge is 0.257 e. The number of aromatic nitrogens is 2. The molecule has 0 saturated carbocycles. The lowest BCUT2D eigenvalue weighted by Crippen LogP contribution is -2.13. The van der Waals surface area contributed by atoms with Crippen LogP contribution < -0.4 is 19.5 Å². The van der Waals surface area contributed by atoms with Gasteiger partial charge in [-0.15, -0.1) is 0 Å². The van der Waals surface area contributed by atoms with E-state index in [0.29, 0.717) is 33.7 Å². The fourth-order valence-electron chi connectivity index (χ4n) is 2.56. The summed E-state index contributed by atoms with van der Waals surface area (Å²) in [5.74, 6) is 1.24. The second-order valence-electron chi connectivity index (χ2n) is 5.54. The molecule has 0 aliphatic carbocycles. The number of hydrogen-bond acceptors (Lipinski definition) is 5. The van der Waals surface area contributed by atoms with Crippen molar-refractivity contribution in [3.63, 3.8) is 0 Å². The van der Waals surface area contributed by atoms with Gasteiger partial charge < -0.3 is 19.5 Å². The maximum absolute atomic E-state index is 12.6. The average molecular weight is 388 g/mol. The first-order chi connectivity index (χ1) is 13.0. The lowest BCUT2D eigenvalue weighted by Gasteiger charge is -2.13. The third-order valence-electron chi connectivity index (χ3n) is 3.90. The van der Waals surface area contributed by atoms with E-state index in [1.807, 2.05) is 12.1 Å². The molecule has 1 amide bonds. The van der Waals surface area contributed by atoms with Gasteiger partial charge in [-0.2, -0.15) is 5.10 Å². The quantitative estimate of drug-likeness (QED) is 0.667. The molecule has 1 aromatic heterocycles. The van der Waals surface area contributed by atoms with E-state index in [4.69, 9.17) is 25.8 Å². The van der Waals surface area contributed by atoms with Gasteiger partial charge in [0.2, 0.25) is 5.75 Å². The number of aromatic amines is 1. The monoisotopic (exact) mass is 387 g/mol. The number of nitrogens with one attached hydrogen (secondary N) is 2. The van der Waals surface area contributed by atoms with Crippen LogP contribution in [0, 0.1) is 0 Å². The van der Waals surface area contributed by atoms with Crippen molar-refractivity contribution in [2.75, 3.05) is 26.6 Å². The summed E-state index contributed by atoms with van der Waals surface area (Å²) < 4.78 is 15.8. The van der Waals surface area contributed by atoms with E-state index >= 15 is 0 Å². The van der Waals surface area contributed by atoms with Crippen molar-refractivity contribution >= 4 is 23.3 Å². The molecule has 8 heteroatoms. The van der Waals surface area contributed by atoms with Crippen molar-refractivity contribution in [2.24, 2.45) is 0 Å². The van der Waals surface area contributed by atoms with Crippen molar-refractivity contribution in [3.05, 3.63) is 53.1 Å². The molecule has 140 valence electrons. The molecule has 27 heavy (non-hydrogen) atoms. The Kier molecular flexibility index (Phi) is 5.52. The van der Waals surface area contributed by atoms with E-state index in [0.717, 1.165) is 11.3 Å². The van der Waals surface area contributed by atoms with Crippen LogP contribution in [0.15, 0.2) is 42.5 Å². The summed E-state index contributed by atoms with van der Waals surface area (Å²) >= 11 is 5.90. The van der Waals surface area contributed by atoms with Crippen LogP contribution in [0.5, 0.6) is 17.2 Å². The van der Waals surface area contributed by atoms with Crippen LogP contribution in [0.4, 0.5) is 5.82 Å². The summed E-state index contributed by atoms with van der Waals surface area (Å²) in [4.78, 5) is 12.6. The molecule has 0 atom stereocenters. The highest BCUT2D eigenvalue weighted by Crippen LogP contribution is 2.38. The van der Waals surface area contributed by atoms with Gasteiger partial charge in [-0.3, -0.25) is 9.89 Å². The minimum atomic E-state index is -0.358. The topological polar surface area (TPSA) is 85.5 Å². The fourth-order valence-corrected chi connectivity index (χ4v) is 2.69. The molecule has 0 bridgehead atoms. The third kappa shape index (κ3) is 3.98. The van der Waals surface area contributed by atoms with Gasteiger partial charge in [0.25, 0.3) is 5.91 Å². The molecule has 0 spiro atoms. The first kappa shape index (κ1) is 18.6. The summed E-state index contributed by atoms with van der Waals surface area (Å²) in [6.07, 6.45) is 0. The predicted octanol–water partition coefficient (Wildman–Crippen LogP) is 4.01. The number of amides is 1. The Morgan fingerprint density at radius 3 is 2.19 bits per heavy atom. The number of ether oxygens (including phenoxy) is 3. The number of carbonyl (C=O) groups is 1. The number of carbonyl (C=O) groups excluding carboxylic acids is 1. The van der Waals surface area contributed by atoms with Gasteiger partial charge in [0.15, 0.2) is 17.3 Å². The van der Waals surface area contributed by atoms with E-state index in [9.17, 15) is 4.79 Å². The molecular weight excluding hydrogens is 370 g/mol. The molecule has 7 nitrogen and oxygen atoms in total. The fraction of sp³-hybridized carbons (Fsp3) is 0.158. The zero-order valence-electron chi connectivity index (χ0n) is 15.0. The molecule has 0 radical (unpaired) electrons. The first-order valence-electron chi connectivity index (χ1n) is 7.98. The number of halogens is 1. The Balaban J connectivity index is 1.82. The number of rotatable bonds is 6. The minimum absolute atomic E-state index is 0.348. The largest absolute Gasteiger partial charge is 0.493 e. The Morgan fingerprint density at radius 1 is 1.00 bits per heavy atom. The lowest BCUT2D eigenvalue weighted by atomic mass is 10.1. The van der Waals surface area contributed by atoms with Crippen molar-refractivity contribution in [1.29, 1.82) is 0 Å². The van der Waals surface area contributed by atoms with Crippen molar-refractivity contribution in [3.8, 4) is 28.5 Å². The zero-order valence-corrected chi connectivity index (χ0v) is 15.8. The van der Waals surface area contributed by atoms with Gasteiger partial charge in [0.1, 0.15) is 0 Å². The van der Waals surface area contributed by atoms with Gasteiger partial charge in [0, 0.05) is 16.7 Å². The molecule has 1 heterocycles. The van der Waals surface area contributed by atoms with E-state index in [-0.39, 0.29) is 5.91 Å². The third-order valence-corrected chi connectivity index (χ3v) is 4.15. The lowest BCUT2D eigenvalue weighted by molar-refractivity contribution is 0.102. The normalized spacial score (nSPS) is 10.4. The predicted molar refractivity (Wildman–Crippen MR) is 103 cm³/mol. The van der Waals surface area contributed by atoms with Crippen LogP contribution in [0.25, 0.3) is 11.3 Å². The number of hydrogen-bond donors (Lipinski definition) is 2. The number of nitrogens with zero attached hydrogens (tertiary/aromatic N) is 1. The van der Waals surface area contributed by atoms with Crippen molar-refractivity contribution < 1.29 is 19.0 Å². The second kappa shape index (κ2) is 8.01. The minimum Gasteiger partial charge on any atom is -0.493 e. The molecular formula is C19H18ClN3O4. The first-order valence-corrected chi connectivity index (χ1v) is 8.36. The maximum Gasteiger partial charge on any atom is 0.257 e. The summed E-state index contributed by atoms with van der Waals surface area (Å²) in [5.41, 5.74) is 2.01. The van der Waals surface area contributed by atoms with Crippen molar-refractivity contribution in [1.82, 2.24) is 10.2 Å². The maximum atomic E-state index is 12.6. The molecule has 0 aliphatic heterocycles. The van der Waals surface area contributed by atoms with E-state index in [2.05, 4.69) is 15.5 Å². The van der Waals surface area contributed by atoms with E-state index in [1.165, 1.54) is 21.3 Å². The zero-order chi connectivity index (χ0) is 19.4. The van der Waals surface area contributed by atoms with Crippen LogP contribution in [-0.2, 0) is 0 Å². The van der Waals surface area contributed by atoms with Crippen molar-refractivity contribution in [2.45, 2.75) is 0 Å². The molecule has 0 unspecified atom stereocenters. The highest BCUT2D eigenvalue weighted by Gasteiger charge is 2.18. The Bertz CT molecular complexity index is 929. The summed E-state index contributed by atoms with van der Waals surface area (Å²) in [6, 6.07) is 12.2. The molecule has 2 N–H and O–H groups in total. The number of benzene rings is 2. The summed E-state index contributed by atoms with van der Waals surface area (Å²) in [6.45, 7) is 0. The second-order valence-corrected chi connectivity index (χ2v) is 5.98. The Labute approximate surface area is 161 Å². The highest BCUT2D eigenvalue weighted by molar-refractivity contribution is 6.30. The van der Waals surface area contributed by atoms with Gasteiger partial charge in [-0.1, -0.05) is 23.7 Å². The molecule has 0 saturated heterocycles. The number of H-pyrrole nitrogens is 1. The van der Waals surface area contributed by atoms with Crippen LogP contribution in [0.1, 0.15) is 10.4 Å². The average Bonchev–Trinajstić information content (AvgIpc) is 3.15.